The van der Waals surface area contributed by atoms with Gasteiger partial charge in [0.15, 0.2) is 11.5 Å². The monoisotopic (exact) mass is 405 g/mol. The van der Waals surface area contributed by atoms with Gasteiger partial charge in [-0.2, -0.15) is 4.98 Å². The fraction of sp³-hybridized carbons (Fsp3) is 0.286. The van der Waals surface area contributed by atoms with E-state index in [4.69, 9.17) is 4.42 Å². The van der Waals surface area contributed by atoms with Gasteiger partial charge in [-0.1, -0.05) is 26.0 Å². The van der Waals surface area contributed by atoms with Gasteiger partial charge in [0.1, 0.15) is 6.04 Å². The van der Waals surface area contributed by atoms with Crippen LogP contribution in [0.5, 0.6) is 0 Å². The first-order chi connectivity index (χ1) is 14.3. The molecule has 0 amide bonds. The summed E-state index contributed by atoms with van der Waals surface area (Å²) in [5.41, 5.74) is 1.37. The quantitative estimate of drug-likeness (QED) is 0.515. The molecule has 2 aromatic heterocycles. The summed E-state index contributed by atoms with van der Waals surface area (Å²) < 4.78 is 6.97. The van der Waals surface area contributed by atoms with Gasteiger partial charge in [0.25, 0.3) is 5.69 Å². The highest BCUT2D eigenvalue weighted by molar-refractivity contribution is 6.00. The number of anilines is 1. The van der Waals surface area contributed by atoms with Crippen LogP contribution in [0.2, 0.25) is 0 Å². The first kappa shape index (κ1) is 18.3. The first-order valence-corrected chi connectivity index (χ1v) is 9.61. The van der Waals surface area contributed by atoms with E-state index < -0.39 is 11.0 Å². The third-order valence-corrected chi connectivity index (χ3v) is 5.50. The summed E-state index contributed by atoms with van der Waals surface area (Å²) in [7, 11) is 0. The number of hydrogen-bond acceptors (Lipinski definition) is 7. The molecule has 0 fully saturated rings. The van der Waals surface area contributed by atoms with Gasteiger partial charge < -0.3 is 9.73 Å². The predicted molar refractivity (Wildman–Crippen MR) is 108 cm³/mol. The highest BCUT2D eigenvalue weighted by Gasteiger charge is 2.43. The SMILES string of the molecule is CC1(C)CC(=O)C2=C(C1)Nc1nc(-c3ccco3)nn1C2c1ccccc1[N+](=O)[O-]. The largest absolute Gasteiger partial charge is 0.461 e. The van der Waals surface area contributed by atoms with Crippen molar-refractivity contribution in [1.29, 1.82) is 0 Å². The number of nitrogens with one attached hydrogen (secondary N) is 1. The van der Waals surface area contributed by atoms with E-state index in [0.29, 0.717) is 41.5 Å². The van der Waals surface area contributed by atoms with Crippen LogP contribution in [0, 0.1) is 15.5 Å². The van der Waals surface area contributed by atoms with Gasteiger partial charge >= 0.3 is 0 Å². The minimum absolute atomic E-state index is 0.0439. The molecule has 5 rings (SSSR count). The lowest BCUT2D eigenvalue weighted by Gasteiger charge is -2.38. The van der Waals surface area contributed by atoms with Crippen molar-refractivity contribution in [3.8, 4) is 11.6 Å². The number of aromatic nitrogens is 3. The zero-order chi connectivity index (χ0) is 21.0. The molecule has 0 spiro atoms. The maximum Gasteiger partial charge on any atom is 0.275 e. The maximum atomic E-state index is 13.2. The second-order valence-electron chi connectivity index (χ2n) is 8.36. The van der Waals surface area contributed by atoms with Crippen LogP contribution in [0.4, 0.5) is 11.6 Å². The molecule has 1 unspecified atom stereocenters. The van der Waals surface area contributed by atoms with E-state index >= 15 is 0 Å². The van der Waals surface area contributed by atoms with Crippen LogP contribution in [0.3, 0.4) is 0 Å². The lowest BCUT2D eigenvalue weighted by atomic mass is 9.73. The van der Waals surface area contributed by atoms with Gasteiger partial charge in [-0.25, -0.2) is 4.68 Å². The topological polar surface area (TPSA) is 116 Å². The molecule has 1 aliphatic carbocycles. The number of rotatable bonds is 3. The van der Waals surface area contributed by atoms with E-state index in [1.54, 1.807) is 35.0 Å². The highest BCUT2D eigenvalue weighted by atomic mass is 16.6. The zero-order valence-corrected chi connectivity index (χ0v) is 16.5. The number of allylic oxidation sites excluding steroid dienone is 2. The van der Waals surface area contributed by atoms with E-state index in [1.165, 1.54) is 12.3 Å². The summed E-state index contributed by atoms with van der Waals surface area (Å²) in [5.74, 6) is 1.20. The normalized spacial score (nSPS) is 19.8. The molecular weight excluding hydrogens is 386 g/mol. The molecular formula is C21H19N5O4. The Bertz CT molecular complexity index is 1210. The molecule has 3 aromatic rings. The Morgan fingerprint density at radius 3 is 2.77 bits per heavy atom. The average molecular weight is 405 g/mol. The Morgan fingerprint density at radius 2 is 2.03 bits per heavy atom. The summed E-state index contributed by atoms with van der Waals surface area (Å²) in [4.78, 5) is 29.1. The molecule has 1 aliphatic heterocycles. The third kappa shape index (κ3) is 2.81. The molecule has 30 heavy (non-hydrogen) atoms. The van der Waals surface area contributed by atoms with Gasteiger partial charge in [0.2, 0.25) is 11.8 Å². The molecule has 1 N–H and O–H groups in total. The number of hydrogen-bond donors (Lipinski definition) is 1. The number of carbonyl (C=O) groups is 1. The lowest BCUT2D eigenvalue weighted by Crippen LogP contribution is -2.36. The number of nitro groups is 1. The summed E-state index contributed by atoms with van der Waals surface area (Å²) >= 11 is 0. The van der Waals surface area contributed by atoms with Crippen molar-refractivity contribution in [3.63, 3.8) is 0 Å². The minimum Gasteiger partial charge on any atom is -0.461 e. The van der Waals surface area contributed by atoms with Crippen LogP contribution in [0.15, 0.2) is 58.3 Å². The Morgan fingerprint density at radius 1 is 1.23 bits per heavy atom. The fourth-order valence-corrected chi connectivity index (χ4v) is 4.29. The van der Waals surface area contributed by atoms with Crippen LogP contribution < -0.4 is 5.32 Å². The molecule has 2 aliphatic rings. The van der Waals surface area contributed by atoms with Gasteiger partial charge in [-0.15, -0.1) is 5.10 Å². The second-order valence-corrected chi connectivity index (χ2v) is 8.36. The van der Waals surface area contributed by atoms with Crippen LogP contribution in [0.25, 0.3) is 11.6 Å². The maximum absolute atomic E-state index is 13.2. The van der Waals surface area contributed by atoms with E-state index in [-0.39, 0.29) is 16.9 Å². The van der Waals surface area contributed by atoms with Crippen molar-refractivity contribution in [1.82, 2.24) is 14.8 Å². The van der Waals surface area contributed by atoms with Crippen molar-refractivity contribution < 1.29 is 14.1 Å². The number of nitrogens with zero attached hydrogens (tertiary/aromatic N) is 4. The van der Waals surface area contributed by atoms with Gasteiger partial charge in [0, 0.05) is 23.8 Å². The molecule has 0 bridgehead atoms. The Kier molecular flexibility index (Phi) is 3.89. The predicted octanol–water partition coefficient (Wildman–Crippen LogP) is 4.10. The van der Waals surface area contributed by atoms with E-state index in [1.807, 2.05) is 13.8 Å². The number of benzene rings is 1. The molecule has 9 nitrogen and oxygen atoms in total. The van der Waals surface area contributed by atoms with Crippen molar-refractivity contribution in [2.75, 3.05) is 5.32 Å². The zero-order valence-electron chi connectivity index (χ0n) is 16.5. The molecule has 1 atom stereocenters. The molecule has 0 radical (unpaired) electrons. The number of fused-ring (bicyclic) bond motifs is 1. The van der Waals surface area contributed by atoms with Gasteiger partial charge in [0.05, 0.1) is 16.7 Å². The van der Waals surface area contributed by atoms with Gasteiger partial charge in [-0.05, 0) is 30.0 Å². The van der Waals surface area contributed by atoms with E-state index in [2.05, 4.69) is 15.4 Å². The number of furan rings is 1. The fourth-order valence-electron chi connectivity index (χ4n) is 4.29. The molecule has 1 aromatic carbocycles. The van der Waals surface area contributed by atoms with Crippen LogP contribution in [-0.2, 0) is 4.79 Å². The Labute approximate surface area is 171 Å². The summed E-state index contributed by atoms with van der Waals surface area (Å²) in [6.45, 7) is 4.06. The molecule has 3 heterocycles. The lowest BCUT2D eigenvalue weighted by molar-refractivity contribution is -0.385. The Balaban J connectivity index is 1.75. The van der Waals surface area contributed by atoms with Crippen LogP contribution in [0.1, 0.15) is 38.3 Å². The van der Waals surface area contributed by atoms with E-state index in [9.17, 15) is 14.9 Å². The van der Waals surface area contributed by atoms with Gasteiger partial charge in [-0.3, -0.25) is 14.9 Å². The van der Waals surface area contributed by atoms with E-state index in [0.717, 1.165) is 5.70 Å². The summed E-state index contributed by atoms with van der Waals surface area (Å²) in [5, 5.41) is 19.5. The summed E-state index contributed by atoms with van der Waals surface area (Å²) in [6.07, 6.45) is 2.52. The average Bonchev–Trinajstić information content (AvgIpc) is 3.34. The van der Waals surface area contributed by atoms with Crippen molar-refractivity contribution in [3.05, 3.63) is 69.6 Å². The first-order valence-electron chi connectivity index (χ1n) is 9.61. The molecule has 0 saturated heterocycles. The standard InChI is InChI=1S/C21H19N5O4/c1-21(2)10-13-17(15(27)11-21)18(12-6-3-4-7-14(12)26(28)29)25-20(22-13)23-19(24-25)16-8-5-9-30-16/h3-9,18H,10-11H2,1-2H3,(H,22,23,24). The molecule has 0 saturated carbocycles. The third-order valence-electron chi connectivity index (χ3n) is 5.50. The number of para-hydroxylation sites is 1. The van der Waals surface area contributed by atoms with Crippen molar-refractivity contribution >= 4 is 17.4 Å². The number of Topliss-reactive ketones (excluding diaryl/α,β-unsaturated/α-hetero) is 1. The molecule has 9 heteroatoms. The second kappa shape index (κ2) is 6.38. The van der Waals surface area contributed by atoms with Crippen molar-refractivity contribution in [2.45, 2.75) is 32.7 Å². The number of nitro benzene ring substituents is 1. The van der Waals surface area contributed by atoms with Crippen LogP contribution >= 0.6 is 0 Å². The van der Waals surface area contributed by atoms with Crippen LogP contribution in [-0.4, -0.2) is 25.5 Å². The highest BCUT2D eigenvalue weighted by Crippen LogP contribution is 2.47. The smallest absolute Gasteiger partial charge is 0.275 e. The van der Waals surface area contributed by atoms with Crippen molar-refractivity contribution in [2.24, 2.45) is 5.41 Å². The minimum atomic E-state index is -0.738. The number of carbonyl (C=O) groups excluding carboxylic acids is 1. The summed E-state index contributed by atoms with van der Waals surface area (Å²) in [6, 6.07) is 9.19. The molecule has 152 valence electrons. The number of ketones is 1. The Hall–Kier alpha value is -3.75.